The Bertz CT molecular complexity index is 2180. The number of aromatic nitrogens is 1. The van der Waals surface area contributed by atoms with E-state index in [0.29, 0.717) is 0 Å². The molecule has 2 heteroatoms. The number of fused-ring (bicyclic) bond motifs is 3. The highest BCUT2D eigenvalue weighted by Crippen LogP contribution is 2.44. The van der Waals surface area contributed by atoms with Crippen LogP contribution in [0.3, 0.4) is 0 Å². The number of hydrogen-bond donors (Lipinski definition) is 1. The van der Waals surface area contributed by atoms with Gasteiger partial charge >= 0.3 is 0 Å². The Balaban J connectivity index is 1.27. The molecule has 43 heavy (non-hydrogen) atoms. The van der Waals surface area contributed by atoms with Crippen LogP contribution in [0.2, 0.25) is 0 Å². The summed E-state index contributed by atoms with van der Waals surface area (Å²) < 4.78 is 0. The Morgan fingerprint density at radius 1 is 0.535 bits per heavy atom. The maximum Gasteiger partial charge on any atom is 0.0723 e. The van der Waals surface area contributed by atoms with E-state index in [1.54, 1.807) is 0 Å². The third kappa shape index (κ3) is 4.49. The van der Waals surface area contributed by atoms with Crippen LogP contribution in [0, 0.1) is 6.92 Å². The van der Waals surface area contributed by atoms with E-state index < -0.39 is 0 Å². The summed E-state index contributed by atoms with van der Waals surface area (Å²) in [5, 5.41) is 10.8. The Hall–Kier alpha value is -5.47. The lowest BCUT2D eigenvalue weighted by atomic mass is 9.85. The molecule has 0 fully saturated rings. The summed E-state index contributed by atoms with van der Waals surface area (Å²) in [6.45, 7) is 3.00. The van der Waals surface area contributed by atoms with E-state index in [-0.39, 0.29) is 0 Å². The van der Waals surface area contributed by atoms with Crippen molar-refractivity contribution in [3.63, 3.8) is 0 Å². The van der Waals surface area contributed by atoms with Gasteiger partial charge in [-0.15, -0.1) is 0 Å². The second-order valence-corrected chi connectivity index (χ2v) is 11.3. The number of allylic oxidation sites excluding steroid dienone is 2. The van der Waals surface area contributed by atoms with Crippen LogP contribution in [0.25, 0.3) is 71.4 Å². The predicted octanol–water partition coefficient (Wildman–Crippen LogP) is 10.4. The fourth-order valence-electron chi connectivity index (χ4n) is 6.42. The van der Waals surface area contributed by atoms with Gasteiger partial charge in [-0.25, -0.2) is 4.98 Å². The molecule has 2 heterocycles. The third-order valence-electron chi connectivity index (χ3n) is 8.53. The van der Waals surface area contributed by atoms with Crippen LogP contribution in [0.1, 0.15) is 11.3 Å². The van der Waals surface area contributed by atoms with Crippen molar-refractivity contribution in [2.45, 2.75) is 6.92 Å². The maximum atomic E-state index is 4.99. The number of rotatable bonds is 4. The minimum atomic E-state index is 0.859. The van der Waals surface area contributed by atoms with Gasteiger partial charge in [-0.1, -0.05) is 121 Å². The SMILES string of the molecule is Cc1ccc(-c2c3ccccc3c(-c3ccc4cc(-c5cccc(C6=CNCC=C6)n5)ccc4c3)c3ccccc23)cc1. The summed E-state index contributed by atoms with van der Waals surface area (Å²) in [5.74, 6) is 0. The van der Waals surface area contributed by atoms with Gasteiger partial charge in [-0.3, -0.25) is 0 Å². The molecule has 0 spiro atoms. The molecular weight excluding hydrogens is 520 g/mol. The van der Waals surface area contributed by atoms with Gasteiger partial charge in [-0.05, 0) is 85.8 Å². The van der Waals surface area contributed by atoms with Gasteiger partial charge in [0.2, 0.25) is 0 Å². The van der Waals surface area contributed by atoms with E-state index in [4.69, 9.17) is 4.98 Å². The van der Waals surface area contributed by atoms with Gasteiger partial charge < -0.3 is 5.32 Å². The van der Waals surface area contributed by atoms with Crippen molar-refractivity contribution in [2.24, 2.45) is 0 Å². The summed E-state index contributed by atoms with van der Waals surface area (Å²) >= 11 is 0. The van der Waals surface area contributed by atoms with Crippen molar-refractivity contribution in [2.75, 3.05) is 6.54 Å². The molecule has 0 amide bonds. The first kappa shape index (κ1) is 25.3. The van der Waals surface area contributed by atoms with Crippen molar-refractivity contribution in [3.8, 4) is 33.5 Å². The summed E-state index contributed by atoms with van der Waals surface area (Å²) in [7, 11) is 0. The van der Waals surface area contributed by atoms with Gasteiger partial charge in [-0.2, -0.15) is 0 Å². The van der Waals surface area contributed by atoms with Gasteiger partial charge in [0.1, 0.15) is 0 Å². The standard InChI is InChI=1S/C41H30N2/c1-27-15-17-28(18-16-27)40-34-9-2-4-11-36(34)41(37-12-5-3-10-35(37)40)32-22-20-29-24-31(21-19-30(29)25-32)38-13-6-14-39(43-38)33-8-7-23-42-26-33/h2-22,24-26,42H,23H2,1H3. The van der Waals surface area contributed by atoms with Crippen LogP contribution >= 0.6 is 0 Å². The Labute approximate surface area is 251 Å². The van der Waals surface area contributed by atoms with Crippen LogP contribution in [-0.2, 0) is 0 Å². The molecule has 1 aromatic heterocycles. The fourth-order valence-corrected chi connectivity index (χ4v) is 6.42. The number of pyridine rings is 1. The summed E-state index contributed by atoms with van der Waals surface area (Å²) in [6, 6.07) is 46.4. The van der Waals surface area contributed by atoms with E-state index in [1.165, 1.54) is 60.1 Å². The smallest absolute Gasteiger partial charge is 0.0723 e. The topological polar surface area (TPSA) is 24.9 Å². The Kier molecular flexibility index (Phi) is 6.12. The molecule has 1 aliphatic rings. The first-order valence-electron chi connectivity index (χ1n) is 14.9. The molecule has 0 saturated heterocycles. The molecule has 7 aromatic rings. The zero-order valence-electron chi connectivity index (χ0n) is 24.0. The van der Waals surface area contributed by atoms with Crippen molar-refractivity contribution >= 4 is 37.9 Å². The highest BCUT2D eigenvalue weighted by atomic mass is 14.8. The highest BCUT2D eigenvalue weighted by Gasteiger charge is 2.17. The predicted molar refractivity (Wildman–Crippen MR) is 183 cm³/mol. The minimum Gasteiger partial charge on any atom is -0.387 e. The Morgan fingerprint density at radius 2 is 1.09 bits per heavy atom. The number of hydrogen-bond acceptors (Lipinski definition) is 2. The van der Waals surface area contributed by atoms with E-state index in [2.05, 4.69) is 152 Å². The molecule has 6 aromatic carbocycles. The lowest BCUT2D eigenvalue weighted by Crippen LogP contribution is -2.09. The average molecular weight is 551 g/mol. The van der Waals surface area contributed by atoms with Gasteiger partial charge in [0.15, 0.2) is 0 Å². The number of nitrogens with zero attached hydrogens (tertiary/aromatic N) is 1. The first-order valence-corrected chi connectivity index (χ1v) is 14.9. The molecule has 1 N–H and O–H groups in total. The van der Waals surface area contributed by atoms with Crippen LogP contribution in [-0.4, -0.2) is 11.5 Å². The van der Waals surface area contributed by atoms with Crippen molar-refractivity contribution in [3.05, 3.63) is 157 Å². The van der Waals surface area contributed by atoms with Crippen LogP contribution in [0.15, 0.2) is 146 Å². The summed E-state index contributed by atoms with van der Waals surface area (Å²) in [5.41, 5.74) is 10.5. The quantitative estimate of drug-likeness (QED) is 0.221. The lowest BCUT2D eigenvalue weighted by molar-refractivity contribution is 0.974. The van der Waals surface area contributed by atoms with E-state index in [1.807, 2.05) is 6.20 Å². The van der Waals surface area contributed by atoms with E-state index in [0.717, 1.165) is 29.1 Å². The molecule has 0 atom stereocenters. The highest BCUT2D eigenvalue weighted by molar-refractivity contribution is 6.21. The van der Waals surface area contributed by atoms with Crippen molar-refractivity contribution < 1.29 is 0 Å². The molecule has 8 rings (SSSR count). The molecule has 0 unspecified atom stereocenters. The summed E-state index contributed by atoms with van der Waals surface area (Å²) in [6.07, 6.45) is 6.29. The summed E-state index contributed by atoms with van der Waals surface area (Å²) in [4.78, 5) is 4.99. The number of aryl methyl sites for hydroxylation is 1. The molecule has 204 valence electrons. The minimum absolute atomic E-state index is 0.859. The van der Waals surface area contributed by atoms with Gasteiger partial charge in [0.05, 0.1) is 11.4 Å². The maximum absolute atomic E-state index is 4.99. The number of nitrogens with one attached hydrogen (secondary N) is 1. The second-order valence-electron chi connectivity index (χ2n) is 11.3. The molecule has 1 aliphatic heterocycles. The molecular formula is C41H30N2. The van der Waals surface area contributed by atoms with Crippen molar-refractivity contribution in [1.29, 1.82) is 0 Å². The second kappa shape index (κ2) is 10.4. The largest absolute Gasteiger partial charge is 0.387 e. The van der Waals surface area contributed by atoms with Crippen molar-refractivity contribution in [1.82, 2.24) is 10.3 Å². The van der Waals surface area contributed by atoms with Gasteiger partial charge in [0.25, 0.3) is 0 Å². The fraction of sp³-hybridized carbons (Fsp3) is 0.0488. The number of dihydropyridines is 1. The third-order valence-corrected chi connectivity index (χ3v) is 8.53. The number of benzene rings is 6. The normalized spacial score (nSPS) is 12.9. The molecule has 0 saturated carbocycles. The van der Waals surface area contributed by atoms with Crippen LogP contribution in [0.5, 0.6) is 0 Å². The lowest BCUT2D eigenvalue weighted by Gasteiger charge is -2.18. The zero-order chi connectivity index (χ0) is 28.8. The molecule has 0 aliphatic carbocycles. The molecule has 2 nitrogen and oxygen atoms in total. The Morgan fingerprint density at radius 3 is 1.72 bits per heavy atom. The average Bonchev–Trinajstić information content (AvgIpc) is 3.07. The van der Waals surface area contributed by atoms with Gasteiger partial charge in [0, 0.05) is 23.9 Å². The molecule has 0 bridgehead atoms. The first-order chi connectivity index (χ1) is 21.2. The van der Waals surface area contributed by atoms with E-state index in [9.17, 15) is 0 Å². The monoisotopic (exact) mass is 550 g/mol. The zero-order valence-corrected chi connectivity index (χ0v) is 24.0. The molecule has 0 radical (unpaired) electrons. The van der Waals surface area contributed by atoms with Crippen LogP contribution < -0.4 is 5.32 Å². The van der Waals surface area contributed by atoms with Crippen LogP contribution in [0.4, 0.5) is 0 Å². The van der Waals surface area contributed by atoms with E-state index >= 15 is 0 Å².